The van der Waals surface area contributed by atoms with Crippen molar-refractivity contribution in [3.8, 4) is 5.88 Å². The van der Waals surface area contributed by atoms with Gasteiger partial charge in [-0.2, -0.15) is 0 Å². The van der Waals surface area contributed by atoms with Crippen LogP contribution in [0.2, 0.25) is 0 Å². The van der Waals surface area contributed by atoms with Crippen LogP contribution in [0.3, 0.4) is 0 Å². The first-order chi connectivity index (χ1) is 11.6. The molecule has 24 heavy (non-hydrogen) atoms. The molecule has 0 aliphatic carbocycles. The highest BCUT2D eigenvalue weighted by Gasteiger charge is 2.18. The molecule has 0 unspecified atom stereocenters. The molecule has 0 saturated carbocycles. The minimum Gasteiger partial charge on any atom is -0.480 e. The lowest BCUT2D eigenvalue weighted by Crippen LogP contribution is -2.14. The van der Waals surface area contributed by atoms with Gasteiger partial charge in [0.25, 0.3) is 10.0 Å². The van der Waals surface area contributed by atoms with Gasteiger partial charge in [-0.3, -0.25) is 4.72 Å². The number of hydrogen-bond donors (Lipinski definition) is 1. The van der Waals surface area contributed by atoms with Crippen LogP contribution in [0.5, 0.6) is 5.88 Å². The maximum absolute atomic E-state index is 12.5. The van der Waals surface area contributed by atoms with Crippen LogP contribution in [0.1, 0.15) is 12.0 Å². The molecule has 0 fully saturated rings. The summed E-state index contributed by atoms with van der Waals surface area (Å²) >= 11 is 0. The molecule has 0 saturated heterocycles. The van der Waals surface area contributed by atoms with Crippen LogP contribution in [0, 0.1) is 0 Å². The highest BCUT2D eigenvalue weighted by atomic mass is 32.2. The molecule has 0 spiro atoms. The summed E-state index contributed by atoms with van der Waals surface area (Å²) in [6, 6.07) is 9.92. The fourth-order valence-corrected chi connectivity index (χ4v) is 3.53. The van der Waals surface area contributed by atoms with E-state index in [4.69, 9.17) is 9.47 Å². The normalized spacial score (nSPS) is 14.8. The summed E-state index contributed by atoms with van der Waals surface area (Å²) in [5.74, 6) is 0.228. The molecule has 2 heterocycles. The molecular formula is C17H18N2O4S. The fourth-order valence-electron chi connectivity index (χ4n) is 2.46. The minimum absolute atomic E-state index is 0.183. The van der Waals surface area contributed by atoms with Gasteiger partial charge in [0.2, 0.25) is 5.88 Å². The third-order valence-electron chi connectivity index (χ3n) is 3.68. The van der Waals surface area contributed by atoms with Gasteiger partial charge in [-0.1, -0.05) is 24.3 Å². The van der Waals surface area contributed by atoms with E-state index < -0.39 is 10.0 Å². The quantitative estimate of drug-likeness (QED) is 0.901. The minimum atomic E-state index is -3.71. The number of anilines is 1. The number of sulfonamides is 1. The van der Waals surface area contributed by atoms with Crippen molar-refractivity contribution in [1.82, 2.24) is 4.98 Å². The summed E-state index contributed by atoms with van der Waals surface area (Å²) in [5, 5.41) is 0. The Morgan fingerprint density at radius 1 is 1.25 bits per heavy atom. The Kier molecular flexibility index (Phi) is 4.82. The zero-order chi connectivity index (χ0) is 17.0. The van der Waals surface area contributed by atoms with Crippen molar-refractivity contribution in [3.05, 3.63) is 54.2 Å². The maximum atomic E-state index is 12.5. The van der Waals surface area contributed by atoms with Gasteiger partial charge in [0.05, 0.1) is 25.2 Å². The predicted octanol–water partition coefficient (Wildman–Crippen LogP) is 2.69. The van der Waals surface area contributed by atoms with E-state index in [1.807, 2.05) is 6.08 Å². The standard InChI is InChI=1S/C17H18N2O4S/c1-22-17-16(19-24(20,21)15-5-3-2-4-6-15)11-14(12-18-17)13-7-9-23-10-8-13/h2-7,11-12,19H,8-10H2,1H3. The van der Waals surface area contributed by atoms with Crippen molar-refractivity contribution >= 4 is 21.3 Å². The van der Waals surface area contributed by atoms with Crippen molar-refractivity contribution in [2.45, 2.75) is 11.3 Å². The van der Waals surface area contributed by atoms with Crippen molar-refractivity contribution in [2.24, 2.45) is 0 Å². The fraction of sp³-hybridized carbons (Fsp3) is 0.235. The molecule has 1 aromatic carbocycles. The topological polar surface area (TPSA) is 77.5 Å². The van der Waals surface area contributed by atoms with E-state index in [-0.39, 0.29) is 10.8 Å². The molecule has 126 valence electrons. The molecule has 7 heteroatoms. The first-order valence-electron chi connectivity index (χ1n) is 7.49. The van der Waals surface area contributed by atoms with Crippen molar-refractivity contribution in [2.75, 3.05) is 25.0 Å². The van der Waals surface area contributed by atoms with Gasteiger partial charge in [0.15, 0.2) is 0 Å². The van der Waals surface area contributed by atoms with Gasteiger partial charge in [-0.05, 0) is 35.8 Å². The Balaban J connectivity index is 1.95. The molecule has 1 aliphatic heterocycles. The summed E-state index contributed by atoms with van der Waals surface area (Å²) in [5.41, 5.74) is 2.24. The van der Waals surface area contributed by atoms with Crippen molar-refractivity contribution < 1.29 is 17.9 Å². The van der Waals surface area contributed by atoms with Crippen molar-refractivity contribution in [3.63, 3.8) is 0 Å². The number of nitrogens with zero attached hydrogens (tertiary/aromatic N) is 1. The van der Waals surface area contributed by atoms with E-state index in [2.05, 4.69) is 9.71 Å². The molecule has 2 aromatic rings. The summed E-state index contributed by atoms with van der Waals surface area (Å²) in [7, 11) is -2.25. The van der Waals surface area contributed by atoms with Crippen LogP contribution in [0.25, 0.3) is 5.57 Å². The van der Waals surface area contributed by atoms with Crippen LogP contribution >= 0.6 is 0 Å². The first kappa shape index (κ1) is 16.5. The molecule has 1 aromatic heterocycles. The maximum Gasteiger partial charge on any atom is 0.262 e. The Morgan fingerprint density at radius 2 is 2.04 bits per heavy atom. The van der Waals surface area contributed by atoms with Crippen LogP contribution in [0.15, 0.2) is 53.6 Å². The smallest absolute Gasteiger partial charge is 0.262 e. The Labute approximate surface area is 141 Å². The van der Waals surface area contributed by atoms with Crippen LogP contribution in [-0.2, 0) is 14.8 Å². The summed E-state index contributed by atoms with van der Waals surface area (Å²) in [4.78, 5) is 4.40. The monoisotopic (exact) mass is 346 g/mol. The van der Waals surface area contributed by atoms with Gasteiger partial charge in [0, 0.05) is 6.20 Å². The lowest BCUT2D eigenvalue weighted by atomic mass is 10.0. The molecule has 0 radical (unpaired) electrons. The number of methoxy groups -OCH3 is 1. The van der Waals surface area contributed by atoms with Gasteiger partial charge >= 0.3 is 0 Å². The number of pyridine rings is 1. The van der Waals surface area contributed by atoms with Crippen LogP contribution < -0.4 is 9.46 Å². The van der Waals surface area contributed by atoms with Gasteiger partial charge in [-0.15, -0.1) is 0 Å². The number of aromatic nitrogens is 1. The van der Waals surface area contributed by atoms with E-state index in [1.54, 1.807) is 30.5 Å². The lowest BCUT2D eigenvalue weighted by molar-refractivity contribution is 0.161. The first-order valence-corrected chi connectivity index (χ1v) is 8.97. The molecule has 0 atom stereocenters. The average Bonchev–Trinajstić information content (AvgIpc) is 2.63. The average molecular weight is 346 g/mol. The predicted molar refractivity (Wildman–Crippen MR) is 91.5 cm³/mol. The Morgan fingerprint density at radius 3 is 2.71 bits per heavy atom. The zero-order valence-corrected chi connectivity index (χ0v) is 14.0. The van der Waals surface area contributed by atoms with E-state index in [0.29, 0.717) is 18.9 Å². The molecule has 1 N–H and O–H groups in total. The largest absolute Gasteiger partial charge is 0.480 e. The Bertz CT molecular complexity index is 848. The number of nitrogens with one attached hydrogen (secondary N) is 1. The molecule has 0 amide bonds. The molecule has 6 nitrogen and oxygen atoms in total. The summed E-state index contributed by atoms with van der Waals surface area (Å²) < 4.78 is 38.1. The highest BCUT2D eigenvalue weighted by Crippen LogP contribution is 2.30. The highest BCUT2D eigenvalue weighted by molar-refractivity contribution is 7.92. The van der Waals surface area contributed by atoms with Gasteiger partial charge < -0.3 is 9.47 Å². The summed E-state index contributed by atoms with van der Waals surface area (Å²) in [6.45, 7) is 1.19. The number of rotatable bonds is 5. The molecular weight excluding hydrogens is 328 g/mol. The SMILES string of the molecule is COc1ncc(C2=CCOCC2)cc1NS(=O)(=O)c1ccccc1. The molecule has 3 rings (SSSR count). The number of benzene rings is 1. The van der Waals surface area contributed by atoms with E-state index in [9.17, 15) is 8.42 Å². The second-order valence-electron chi connectivity index (χ2n) is 5.25. The third-order valence-corrected chi connectivity index (χ3v) is 5.06. The number of hydrogen-bond acceptors (Lipinski definition) is 5. The van der Waals surface area contributed by atoms with E-state index in [1.165, 1.54) is 19.2 Å². The van der Waals surface area contributed by atoms with Crippen molar-refractivity contribution in [1.29, 1.82) is 0 Å². The van der Waals surface area contributed by atoms with E-state index >= 15 is 0 Å². The summed E-state index contributed by atoms with van der Waals surface area (Å²) in [6.07, 6.45) is 4.41. The third kappa shape index (κ3) is 3.58. The van der Waals surface area contributed by atoms with Gasteiger partial charge in [0.1, 0.15) is 5.69 Å². The van der Waals surface area contributed by atoms with Crippen LogP contribution in [-0.4, -0.2) is 33.7 Å². The second kappa shape index (κ2) is 7.02. The van der Waals surface area contributed by atoms with E-state index in [0.717, 1.165) is 17.6 Å². The molecule has 0 bridgehead atoms. The number of ether oxygens (including phenoxy) is 2. The Hall–Kier alpha value is -2.38. The second-order valence-corrected chi connectivity index (χ2v) is 6.94. The molecule has 1 aliphatic rings. The lowest BCUT2D eigenvalue weighted by Gasteiger charge is -2.16. The van der Waals surface area contributed by atoms with Crippen LogP contribution in [0.4, 0.5) is 5.69 Å². The zero-order valence-electron chi connectivity index (χ0n) is 13.2. The van der Waals surface area contributed by atoms with Gasteiger partial charge in [-0.25, -0.2) is 13.4 Å².